The average Bonchev–Trinajstić information content (AvgIpc) is 2.17. The molecule has 0 aliphatic rings. The lowest BCUT2D eigenvalue weighted by Gasteiger charge is -2.11. The van der Waals surface area contributed by atoms with Crippen LogP contribution in [0.4, 0.5) is 0 Å². The lowest BCUT2D eigenvalue weighted by atomic mass is 10.1. The van der Waals surface area contributed by atoms with Crippen LogP contribution >= 0.6 is 0 Å². The van der Waals surface area contributed by atoms with Crippen LogP contribution < -0.4 is 5.32 Å². The first-order chi connectivity index (χ1) is 6.72. The van der Waals surface area contributed by atoms with Gasteiger partial charge in [-0.25, -0.2) is 0 Å². The van der Waals surface area contributed by atoms with Gasteiger partial charge in [0.05, 0.1) is 0 Å². The Bertz CT molecular complexity index is 254. The van der Waals surface area contributed by atoms with Crippen LogP contribution in [0.3, 0.4) is 0 Å². The number of nitrogens with one attached hydrogen (secondary N) is 1. The highest BCUT2D eigenvalue weighted by atomic mass is 14.9. The molecule has 0 aliphatic carbocycles. The normalized spacial score (nSPS) is 12.8. The van der Waals surface area contributed by atoms with E-state index >= 15 is 0 Å². The number of rotatable bonds is 5. The Morgan fingerprint density at radius 3 is 2.79 bits per heavy atom. The van der Waals surface area contributed by atoms with E-state index in [9.17, 15) is 0 Å². The second-order valence-corrected chi connectivity index (χ2v) is 3.82. The molecule has 1 N–H and O–H groups in total. The minimum absolute atomic E-state index is 0.586. The maximum atomic E-state index is 4.38. The van der Waals surface area contributed by atoms with Crippen molar-refractivity contribution < 1.29 is 0 Å². The van der Waals surface area contributed by atoms with Gasteiger partial charge >= 0.3 is 0 Å². The highest BCUT2D eigenvalue weighted by molar-refractivity contribution is 5.12. The fourth-order valence-corrected chi connectivity index (χ4v) is 1.46. The summed E-state index contributed by atoms with van der Waals surface area (Å²) in [5.74, 6) is 0. The lowest BCUT2D eigenvalue weighted by molar-refractivity contribution is 0.528. The van der Waals surface area contributed by atoms with Gasteiger partial charge in [0.2, 0.25) is 0 Å². The molecule has 0 aromatic carbocycles. The maximum absolute atomic E-state index is 4.38. The maximum Gasteiger partial charge on any atom is 0.0404 e. The third-order valence-corrected chi connectivity index (χ3v) is 2.36. The zero-order valence-corrected chi connectivity index (χ0v) is 9.38. The second-order valence-electron chi connectivity index (χ2n) is 3.82. The van der Waals surface area contributed by atoms with Gasteiger partial charge in [-0.3, -0.25) is 4.98 Å². The standard InChI is InChI=1S/C12H20N2/c1-4-13-11(3)6-8-12-7-5-10(2)9-14-12/h5,7,9,11,13H,4,6,8H2,1-3H3. The molecule has 1 unspecified atom stereocenters. The molecular weight excluding hydrogens is 172 g/mol. The number of hydrogen-bond acceptors (Lipinski definition) is 2. The van der Waals surface area contributed by atoms with Crippen molar-refractivity contribution in [1.82, 2.24) is 10.3 Å². The highest BCUT2D eigenvalue weighted by Gasteiger charge is 2.00. The molecule has 0 fully saturated rings. The smallest absolute Gasteiger partial charge is 0.0404 e. The van der Waals surface area contributed by atoms with Crippen molar-refractivity contribution in [2.75, 3.05) is 6.54 Å². The van der Waals surface area contributed by atoms with Gasteiger partial charge in [0.25, 0.3) is 0 Å². The van der Waals surface area contributed by atoms with Crippen molar-refractivity contribution in [3.63, 3.8) is 0 Å². The van der Waals surface area contributed by atoms with Gasteiger partial charge in [0.1, 0.15) is 0 Å². The van der Waals surface area contributed by atoms with Crippen LogP contribution in [0.2, 0.25) is 0 Å². The Morgan fingerprint density at radius 1 is 1.43 bits per heavy atom. The van der Waals surface area contributed by atoms with Gasteiger partial charge in [-0.15, -0.1) is 0 Å². The van der Waals surface area contributed by atoms with E-state index in [4.69, 9.17) is 0 Å². The predicted molar refractivity (Wildman–Crippen MR) is 60.4 cm³/mol. The van der Waals surface area contributed by atoms with Gasteiger partial charge in [0.15, 0.2) is 0 Å². The fraction of sp³-hybridized carbons (Fsp3) is 0.583. The van der Waals surface area contributed by atoms with Gasteiger partial charge in [-0.2, -0.15) is 0 Å². The Hall–Kier alpha value is -0.890. The van der Waals surface area contributed by atoms with E-state index in [-0.39, 0.29) is 0 Å². The zero-order chi connectivity index (χ0) is 10.4. The van der Waals surface area contributed by atoms with Crippen LogP contribution in [0.1, 0.15) is 31.5 Å². The second kappa shape index (κ2) is 5.76. The van der Waals surface area contributed by atoms with Crippen molar-refractivity contribution in [3.05, 3.63) is 29.6 Å². The highest BCUT2D eigenvalue weighted by Crippen LogP contribution is 2.03. The van der Waals surface area contributed by atoms with E-state index in [1.807, 2.05) is 6.20 Å². The molecule has 0 radical (unpaired) electrons. The average molecular weight is 192 g/mol. The summed E-state index contributed by atoms with van der Waals surface area (Å²) in [7, 11) is 0. The van der Waals surface area contributed by atoms with Gasteiger partial charge in [-0.1, -0.05) is 13.0 Å². The number of hydrogen-bond donors (Lipinski definition) is 1. The first-order valence-corrected chi connectivity index (χ1v) is 5.37. The molecular formula is C12H20N2. The van der Waals surface area contributed by atoms with Crippen molar-refractivity contribution in [3.8, 4) is 0 Å². The van der Waals surface area contributed by atoms with Gasteiger partial charge < -0.3 is 5.32 Å². The van der Waals surface area contributed by atoms with E-state index in [1.54, 1.807) is 0 Å². The molecule has 0 saturated carbocycles. The minimum atomic E-state index is 0.586. The summed E-state index contributed by atoms with van der Waals surface area (Å²) in [6.45, 7) is 7.47. The Morgan fingerprint density at radius 2 is 2.21 bits per heavy atom. The first-order valence-electron chi connectivity index (χ1n) is 5.37. The van der Waals surface area contributed by atoms with Crippen LogP contribution in [-0.4, -0.2) is 17.6 Å². The van der Waals surface area contributed by atoms with Crippen LogP contribution in [0.15, 0.2) is 18.3 Å². The monoisotopic (exact) mass is 192 g/mol. The minimum Gasteiger partial charge on any atom is -0.315 e. The summed E-state index contributed by atoms with van der Waals surface area (Å²) >= 11 is 0. The molecule has 0 saturated heterocycles. The molecule has 0 aliphatic heterocycles. The van der Waals surface area contributed by atoms with Crippen LogP contribution in [0.5, 0.6) is 0 Å². The van der Waals surface area contributed by atoms with Crippen LogP contribution in [0, 0.1) is 6.92 Å². The third kappa shape index (κ3) is 3.88. The Labute approximate surface area is 86.8 Å². The van der Waals surface area contributed by atoms with Crippen molar-refractivity contribution in [2.24, 2.45) is 0 Å². The molecule has 14 heavy (non-hydrogen) atoms. The summed E-state index contributed by atoms with van der Waals surface area (Å²) in [5.41, 5.74) is 2.42. The fourth-order valence-electron chi connectivity index (χ4n) is 1.46. The van der Waals surface area contributed by atoms with Crippen molar-refractivity contribution in [1.29, 1.82) is 0 Å². The summed E-state index contributed by atoms with van der Waals surface area (Å²) in [5, 5.41) is 3.40. The molecule has 0 spiro atoms. The molecule has 1 aromatic rings. The molecule has 1 rings (SSSR count). The number of nitrogens with zero attached hydrogens (tertiary/aromatic N) is 1. The number of aryl methyl sites for hydroxylation is 2. The molecule has 0 amide bonds. The summed E-state index contributed by atoms with van der Waals surface area (Å²) in [6.07, 6.45) is 4.16. The molecule has 78 valence electrons. The van der Waals surface area contributed by atoms with Gasteiger partial charge in [0, 0.05) is 17.9 Å². The van der Waals surface area contributed by atoms with Crippen LogP contribution in [0.25, 0.3) is 0 Å². The number of aromatic nitrogens is 1. The van der Waals surface area contributed by atoms with Crippen molar-refractivity contribution >= 4 is 0 Å². The SMILES string of the molecule is CCNC(C)CCc1ccc(C)cn1. The molecule has 2 nitrogen and oxygen atoms in total. The summed E-state index contributed by atoms with van der Waals surface area (Å²) in [6, 6.07) is 4.83. The van der Waals surface area contributed by atoms with E-state index in [2.05, 4.69) is 43.2 Å². The largest absolute Gasteiger partial charge is 0.315 e. The molecule has 0 bridgehead atoms. The van der Waals surface area contributed by atoms with E-state index in [1.165, 1.54) is 11.3 Å². The van der Waals surface area contributed by atoms with Gasteiger partial charge in [-0.05, 0) is 44.9 Å². The van der Waals surface area contributed by atoms with Crippen molar-refractivity contribution in [2.45, 2.75) is 39.7 Å². The van der Waals surface area contributed by atoms with Crippen LogP contribution in [-0.2, 0) is 6.42 Å². The molecule has 1 atom stereocenters. The van der Waals surface area contributed by atoms with E-state index in [0.29, 0.717) is 6.04 Å². The Kier molecular flexibility index (Phi) is 4.60. The third-order valence-electron chi connectivity index (χ3n) is 2.36. The van der Waals surface area contributed by atoms with E-state index in [0.717, 1.165) is 19.4 Å². The number of pyridine rings is 1. The topological polar surface area (TPSA) is 24.9 Å². The Balaban J connectivity index is 2.34. The summed E-state index contributed by atoms with van der Waals surface area (Å²) in [4.78, 5) is 4.38. The first kappa shape index (κ1) is 11.2. The summed E-state index contributed by atoms with van der Waals surface area (Å²) < 4.78 is 0. The molecule has 1 heterocycles. The van der Waals surface area contributed by atoms with E-state index < -0.39 is 0 Å². The zero-order valence-electron chi connectivity index (χ0n) is 9.38. The predicted octanol–water partition coefficient (Wildman–Crippen LogP) is 2.32. The quantitative estimate of drug-likeness (QED) is 0.774. The molecule has 1 aromatic heterocycles. The lowest BCUT2D eigenvalue weighted by Crippen LogP contribution is -2.25. The molecule has 2 heteroatoms.